The Balaban J connectivity index is 4.23. The maximum Gasteiger partial charge on any atom is 0.249 e. The molecule has 0 aliphatic carbocycles. The van der Waals surface area contributed by atoms with E-state index in [0.29, 0.717) is 12.1 Å². The molecule has 3 heteroatoms. The maximum absolute atomic E-state index is 10.7. The number of allylic oxidation sites excluding steroid dienone is 1. The average Bonchev–Trinajstić information content (AvgIpc) is 1.97. The van der Waals surface area contributed by atoms with Crippen LogP contribution < -0.4 is 5.73 Å². The number of amides is 1. The van der Waals surface area contributed by atoms with Gasteiger partial charge in [-0.3, -0.25) is 9.79 Å². The van der Waals surface area contributed by atoms with Crippen molar-refractivity contribution in [2.45, 2.75) is 20.3 Å². The summed E-state index contributed by atoms with van der Waals surface area (Å²) in [5.41, 5.74) is 5.56. The Labute approximate surface area is 67.0 Å². The Kier molecular flexibility index (Phi) is 5.07. The highest BCUT2D eigenvalue weighted by molar-refractivity contribution is 6.11. The van der Waals surface area contributed by atoms with Gasteiger partial charge in [0, 0.05) is 12.8 Å². The molecule has 0 aromatic heterocycles. The van der Waals surface area contributed by atoms with Gasteiger partial charge >= 0.3 is 0 Å². The third-order valence-electron chi connectivity index (χ3n) is 1.12. The molecule has 0 saturated heterocycles. The minimum atomic E-state index is -0.413. The molecular weight excluding hydrogens is 140 g/mol. The van der Waals surface area contributed by atoms with E-state index in [1.165, 1.54) is 6.21 Å². The molecular formula is C8H14N2O. The predicted octanol–water partition coefficient (Wildman–Crippen LogP) is 0.899. The Morgan fingerprint density at radius 2 is 2.18 bits per heavy atom. The van der Waals surface area contributed by atoms with Gasteiger partial charge in [0.15, 0.2) is 0 Å². The van der Waals surface area contributed by atoms with Gasteiger partial charge in [-0.05, 0) is 13.3 Å². The molecule has 1 amide bonds. The molecule has 0 bridgehead atoms. The van der Waals surface area contributed by atoms with E-state index in [1.54, 1.807) is 6.08 Å². The van der Waals surface area contributed by atoms with Gasteiger partial charge in [-0.25, -0.2) is 0 Å². The predicted molar refractivity (Wildman–Crippen MR) is 46.6 cm³/mol. The van der Waals surface area contributed by atoms with Crippen molar-refractivity contribution in [3.63, 3.8) is 0 Å². The molecule has 0 rings (SSSR count). The zero-order chi connectivity index (χ0) is 8.69. The minimum Gasteiger partial charge on any atom is -0.366 e. The first-order chi connectivity index (χ1) is 5.22. The fourth-order valence-electron chi connectivity index (χ4n) is 0.626. The normalized spacial score (nSPS) is 12.4. The molecule has 0 saturated carbocycles. The van der Waals surface area contributed by atoms with Crippen molar-refractivity contribution in [2.75, 3.05) is 6.54 Å². The summed E-state index contributed by atoms with van der Waals surface area (Å²) >= 11 is 0. The lowest BCUT2D eigenvalue weighted by Gasteiger charge is -1.92. The van der Waals surface area contributed by atoms with Crippen molar-refractivity contribution >= 4 is 12.1 Å². The summed E-state index contributed by atoms with van der Waals surface area (Å²) in [7, 11) is 0. The van der Waals surface area contributed by atoms with Crippen molar-refractivity contribution in [1.82, 2.24) is 0 Å². The van der Waals surface area contributed by atoms with Crippen molar-refractivity contribution in [2.24, 2.45) is 10.7 Å². The van der Waals surface area contributed by atoms with Gasteiger partial charge in [0.2, 0.25) is 5.91 Å². The summed E-state index contributed by atoms with van der Waals surface area (Å²) in [6.45, 7) is 4.53. The SMILES string of the molecule is CC/C=C(\C=N/CC)C(N)=O. The number of hydrogen-bond acceptors (Lipinski definition) is 2. The quantitative estimate of drug-likeness (QED) is 0.474. The Bertz CT molecular complexity index is 183. The average molecular weight is 154 g/mol. The van der Waals surface area contributed by atoms with Crippen LogP contribution in [0.15, 0.2) is 16.6 Å². The van der Waals surface area contributed by atoms with Crippen LogP contribution >= 0.6 is 0 Å². The van der Waals surface area contributed by atoms with Gasteiger partial charge in [-0.15, -0.1) is 0 Å². The third kappa shape index (κ3) is 4.31. The minimum absolute atomic E-state index is 0.413. The van der Waals surface area contributed by atoms with Crippen LogP contribution in [0.4, 0.5) is 0 Å². The molecule has 0 radical (unpaired) electrons. The number of nitrogens with two attached hydrogens (primary N) is 1. The van der Waals surface area contributed by atoms with E-state index in [1.807, 2.05) is 13.8 Å². The molecule has 0 heterocycles. The van der Waals surface area contributed by atoms with Crippen molar-refractivity contribution in [1.29, 1.82) is 0 Å². The van der Waals surface area contributed by atoms with E-state index in [9.17, 15) is 4.79 Å². The molecule has 3 nitrogen and oxygen atoms in total. The number of aliphatic imine (C=N–C) groups is 1. The van der Waals surface area contributed by atoms with Gasteiger partial charge in [-0.1, -0.05) is 13.0 Å². The number of nitrogens with zero attached hydrogens (tertiary/aromatic N) is 1. The lowest BCUT2D eigenvalue weighted by molar-refractivity contribution is -0.114. The summed E-state index contributed by atoms with van der Waals surface area (Å²) in [5.74, 6) is -0.413. The Morgan fingerprint density at radius 1 is 1.55 bits per heavy atom. The summed E-state index contributed by atoms with van der Waals surface area (Å²) < 4.78 is 0. The van der Waals surface area contributed by atoms with Crippen LogP contribution in [0.3, 0.4) is 0 Å². The summed E-state index contributed by atoms with van der Waals surface area (Å²) in [6.07, 6.45) is 4.08. The highest BCUT2D eigenvalue weighted by atomic mass is 16.1. The maximum atomic E-state index is 10.7. The van der Waals surface area contributed by atoms with Gasteiger partial charge < -0.3 is 5.73 Å². The molecule has 0 aromatic rings. The van der Waals surface area contributed by atoms with Crippen molar-refractivity contribution in [3.8, 4) is 0 Å². The molecule has 0 aliphatic heterocycles. The number of carbonyl (C=O) groups is 1. The topological polar surface area (TPSA) is 55.4 Å². The first kappa shape index (κ1) is 9.88. The fraction of sp³-hybridized carbons (Fsp3) is 0.500. The second-order valence-electron chi connectivity index (χ2n) is 2.06. The first-order valence-corrected chi connectivity index (χ1v) is 3.72. The second-order valence-corrected chi connectivity index (χ2v) is 2.06. The van der Waals surface area contributed by atoms with Gasteiger partial charge in [-0.2, -0.15) is 0 Å². The molecule has 0 aliphatic rings. The fourth-order valence-corrected chi connectivity index (χ4v) is 0.626. The molecule has 62 valence electrons. The number of hydrogen-bond donors (Lipinski definition) is 1. The van der Waals surface area contributed by atoms with Crippen LogP contribution in [0.25, 0.3) is 0 Å². The molecule has 0 spiro atoms. The van der Waals surface area contributed by atoms with Crippen LogP contribution in [-0.2, 0) is 4.79 Å². The third-order valence-corrected chi connectivity index (χ3v) is 1.12. The standard InChI is InChI=1S/C8H14N2O/c1-3-5-7(8(9)11)6-10-4-2/h5-6H,3-4H2,1-2H3,(H2,9,11)/b7-5+,10-6-. The smallest absolute Gasteiger partial charge is 0.249 e. The molecule has 0 atom stereocenters. The molecule has 0 aromatic carbocycles. The second kappa shape index (κ2) is 5.65. The van der Waals surface area contributed by atoms with E-state index in [0.717, 1.165) is 6.42 Å². The number of rotatable bonds is 4. The van der Waals surface area contributed by atoms with Gasteiger partial charge in [0.05, 0.1) is 5.57 Å². The van der Waals surface area contributed by atoms with Crippen LogP contribution in [-0.4, -0.2) is 18.7 Å². The van der Waals surface area contributed by atoms with E-state index in [2.05, 4.69) is 4.99 Å². The van der Waals surface area contributed by atoms with Crippen molar-refractivity contribution < 1.29 is 4.79 Å². The van der Waals surface area contributed by atoms with Crippen molar-refractivity contribution in [3.05, 3.63) is 11.6 Å². The van der Waals surface area contributed by atoms with Crippen LogP contribution in [0.5, 0.6) is 0 Å². The molecule has 0 unspecified atom stereocenters. The summed E-state index contributed by atoms with van der Waals surface area (Å²) in [6, 6.07) is 0. The molecule has 2 N–H and O–H groups in total. The lowest BCUT2D eigenvalue weighted by atomic mass is 10.2. The van der Waals surface area contributed by atoms with Crippen LogP contribution in [0.2, 0.25) is 0 Å². The lowest BCUT2D eigenvalue weighted by Crippen LogP contribution is -2.14. The zero-order valence-electron chi connectivity index (χ0n) is 7.00. The van der Waals surface area contributed by atoms with Crippen LogP contribution in [0.1, 0.15) is 20.3 Å². The first-order valence-electron chi connectivity index (χ1n) is 3.72. The highest BCUT2D eigenvalue weighted by Crippen LogP contribution is 1.91. The van der Waals surface area contributed by atoms with Gasteiger partial charge in [0.25, 0.3) is 0 Å². The Hall–Kier alpha value is -1.12. The summed E-state index contributed by atoms with van der Waals surface area (Å²) in [5, 5.41) is 0. The molecule has 11 heavy (non-hydrogen) atoms. The molecule has 0 fully saturated rings. The van der Waals surface area contributed by atoms with Crippen LogP contribution in [0, 0.1) is 0 Å². The Morgan fingerprint density at radius 3 is 2.55 bits per heavy atom. The zero-order valence-corrected chi connectivity index (χ0v) is 7.00. The van der Waals surface area contributed by atoms with E-state index >= 15 is 0 Å². The van der Waals surface area contributed by atoms with E-state index in [4.69, 9.17) is 5.73 Å². The monoisotopic (exact) mass is 154 g/mol. The number of primary amides is 1. The van der Waals surface area contributed by atoms with Gasteiger partial charge in [0.1, 0.15) is 0 Å². The van der Waals surface area contributed by atoms with E-state index in [-0.39, 0.29) is 0 Å². The number of carbonyl (C=O) groups excluding carboxylic acids is 1. The summed E-state index contributed by atoms with van der Waals surface area (Å²) in [4.78, 5) is 14.6. The van der Waals surface area contributed by atoms with E-state index < -0.39 is 5.91 Å². The highest BCUT2D eigenvalue weighted by Gasteiger charge is 1.97. The largest absolute Gasteiger partial charge is 0.366 e.